The van der Waals surface area contributed by atoms with Gasteiger partial charge in [0.05, 0.1) is 13.2 Å². The number of carboxylic acids is 1. The number of carbonyl (C=O) groups is 3. The molecule has 0 saturated heterocycles. The molecule has 0 aromatic heterocycles. The van der Waals surface area contributed by atoms with Gasteiger partial charge in [0.1, 0.15) is 12.2 Å². The van der Waals surface area contributed by atoms with E-state index in [0.29, 0.717) is 13.2 Å². The molecule has 0 amide bonds. The Labute approximate surface area is 142 Å². The maximum atomic E-state index is 10.3. The minimum absolute atomic E-state index is 0.132. The lowest BCUT2D eigenvalue weighted by molar-refractivity contribution is -0.154. The topological polar surface area (TPSA) is 140 Å². The van der Waals surface area contributed by atoms with E-state index < -0.39 is 23.6 Å². The van der Waals surface area contributed by atoms with Gasteiger partial charge in [0.25, 0.3) is 0 Å². The molecule has 144 valence electrons. The SMILES string of the molecule is CC(C)(O)C(=O)O.CCOC(=O)C(C)O.COCC(C)OC(C)=O. The minimum atomic E-state index is -1.58. The van der Waals surface area contributed by atoms with Gasteiger partial charge < -0.3 is 29.5 Å². The third-order valence-electron chi connectivity index (χ3n) is 1.92. The highest BCUT2D eigenvalue weighted by Crippen LogP contribution is 1.97. The van der Waals surface area contributed by atoms with Gasteiger partial charge in [-0.2, -0.15) is 0 Å². The number of aliphatic carboxylic acids is 1. The average Bonchev–Trinajstić information content (AvgIpc) is 2.38. The Hall–Kier alpha value is -1.71. The minimum Gasteiger partial charge on any atom is -0.479 e. The summed E-state index contributed by atoms with van der Waals surface area (Å²) in [6.07, 6.45) is -1.12. The molecule has 0 aliphatic heterocycles. The van der Waals surface area contributed by atoms with Crippen LogP contribution in [0.4, 0.5) is 0 Å². The highest BCUT2D eigenvalue weighted by molar-refractivity contribution is 5.75. The third-order valence-corrected chi connectivity index (χ3v) is 1.92. The summed E-state index contributed by atoms with van der Waals surface area (Å²) in [4.78, 5) is 30.3. The number of aliphatic hydroxyl groups is 2. The highest BCUT2D eigenvalue weighted by atomic mass is 16.6. The Morgan fingerprint density at radius 3 is 1.75 bits per heavy atom. The zero-order valence-corrected chi connectivity index (χ0v) is 15.4. The summed E-state index contributed by atoms with van der Waals surface area (Å²) in [6.45, 7) is 9.45. The van der Waals surface area contributed by atoms with Crippen LogP contribution < -0.4 is 0 Å². The van der Waals surface area contributed by atoms with Gasteiger partial charge in [-0.05, 0) is 34.6 Å². The summed E-state index contributed by atoms with van der Waals surface area (Å²) >= 11 is 0. The molecule has 3 N–H and O–H groups in total. The van der Waals surface area contributed by atoms with Gasteiger partial charge in [-0.3, -0.25) is 4.79 Å². The summed E-state index contributed by atoms with van der Waals surface area (Å²) in [5, 5.41) is 25.0. The van der Waals surface area contributed by atoms with E-state index in [1.54, 1.807) is 21.0 Å². The molecule has 0 aromatic rings. The van der Waals surface area contributed by atoms with Crippen molar-refractivity contribution in [2.24, 2.45) is 0 Å². The molecule has 2 unspecified atom stereocenters. The highest BCUT2D eigenvalue weighted by Gasteiger charge is 2.21. The van der Waals surface area contributed by atoms with Crippen LogP contribution in [0.15, 0.2) is 0 Å². The number of hydrogen-bond acceptors (Lipinski definition) is 8. The second kappa shape index (κ2) is 14.9. The number of methoxy groups -OCH3 is 1. The van der Waals surface area contributed by atoms with E-state index >= 15 is 0 Å². The molecule has 0 spiro atoms. The van der Waals surface area contributed by atoms with Crippen LogP contribution in [-0.4, -0.2) is 71.4 Å². The van der Waals surface area contributed by atoms with E-state index in [0.717, 1.165) is 0 Å². The molecule has 0 fully saturated rings. The Bertz CT molecular complexity index is 358. The lowest BCUT2D eigenvalue weighted by atomic mass is 10.1. The quantitative estimate of drug-likeness (QED) is 0.576. The van der Waals surface area contributed by atoms with Crippen LogP contribution in [0.25, 0.3) is 0 Å². The second-order valence-electron chi connectivity index (χ2n) is 5.17. The number of carbonyl (C=O) groups excluding carboxylic acids is 2. The van der Waals surface area contributed by atoms with E-state index in [2.05, 4.69) is 4.74 Å². The van der Waals surface area contributed by atoms with Crippen molar-refractivity contribution >= 4 is 17.9 Å². The van der Waals surface area contributed by atoms with Crippen molar-refractivity contribution in [1.82, 2.24) is 0 Å². The van der Waals surface area contributed by atoms with Crippen LogP contribution in [0.3, 0.4) is 0 Å². The summed E-state index contributed by atoms with van der Waals surface area (Å²) in [7, 11) is 1.57. The molecule has 0 bridgehead atoms. The van der Waals surface area contributed by atoms with Gasteiger partial charge in [-0.15, -0.1) is 0 Å². The molecule has 0 saturated carbocycles. The molecule has 0 rings (SSSR count). The first-order valence-corrected chi connectivity index (χ1v) is 7.26. The fraction of sp³-hybridized carbons (Fsp3) is 0.800. The first-order valence-electron chi connectivity index (χ1n) is 7.26. The van der Waals surface area contributed by atoms with E-state index in [4.69, 9.17) is 24.8 Å². The first kappa shape index (κ1) is 27.2. The molecule has 9 heteroatoms. The first-order chi connectivity index (χ1) is 10.8. The molecule has 0 radical (unpaired) electrons. The lowest BCUT2D eigenvalue weighted by Crippen LogP contribution is -2.30. The number of rotatable bonds is 6. The largest absolute Gasteiger partial charge is 0.479 e. The van der Waals surface area contributed by atoms with Gasteiger partial charge in [-0.25, -0.2) is 9.59 Å². The Balaban J connectivity index is -0.000000278. The van der Waals surface area contributed by atoms with E-state index in [-0.39, 0.29) is 12.1 Å². The zero-order valence-electron chi connectivity index (χ0n) is 15.4. The summed E-state index contributed by atoms with van der Waals surface area (Å²) in [6, 6.07) is 0. The van der Waals surface area contributed by atoms with Crippen molar-refractivity contribution in [3.05, 3.63) is 0 Å². The molecule has 0 aliphatic carbocycles. The summed E-state index contributed by atoms with van der Waals surface area (Å²) in [5.41, 5.74) is -1.58. The standard InChI is InChI=1S/C6H12O3.C5H10O3.C4H8O3/c1-5(4-8-3)9-6(2)7;1-3-8-5(7)4(2)6;1-4(2,7)3(5)6/h5H,4H2,1-3H3;4,6H,3H2,1-2H3;7H,1-2H3,(H,5,6). The van der Waals surface area contributed by atoms with Gasteiger partial charge in [-0.1, -0.05) is 0 Å². The smallest absolute Gasteiger partial charge is 0.335 e. The van der Waals surface area contributed by atoms with Crippen LogP contribution in [0.1, 0.15) is 41.5 Å². The second-order valence-corrected chi connectivity index (χ2v) is 5.17. The summed E-state index contributed by atoms with van der Waals surface area (Å²) < 4.78 is 13.9. The third kappa shape index (κ3) is 22.6. The van der Waals surface area contributed by atoms with Crippen molar-refractivity contribution in [1.29, 1.82) is 0 Å². The van der Waals surface area contributed by atoms with Gasteiger partial charge in [0.2, 0.25) is 0 Å². The van der Waals surface area contributed by atoms with Crippen molar-refractivity contribution in [2.75, 3.05) is 20.3 Å². The molecule has 24 heavy (non-hydrogen) atoms. The van der Waals surface area contributed by atoms with E-state index in [1.807, 2.05) is 0 Å². The van der Waals surface area contributed by atoms with Gasteiger partial charge >= 0.3 is 17.9 Å². The van der Waals surface area contributed by atoms with Crippen LogP contribution >= 0.6 is 0 Å². The predicted octanol–water partition coefficient (Wildman–Crippen LogP) is 0.357. The van der Waals surface area contributed by atoms with Crippen molar-refractivity contribution in [2.45, 2.75) is 59.4 Å². The van der Waals surface area contributed by atoms with Crippen LogP contribution in [0, 0.1) is 0 Å². The van der Waals surface area contributed by atoms with Crippen LogP contribution in [-0.2, 0) is 28.6 Å². The molecule has 2 atom stereocenters. The number of ether oxygens (including phenoxy) is 3. The number of hydrogen-bond donors (Lipinski definition) is 3. The fourth-order valence-corrected chi connectivity index (χ4v) is 0.815. The van der Waals surface area contributed by atoms with Crippen molar-refractivity contribution in [3.8, 4) is 0 Å². The van der Waals surface area contributed by atoms with E-state index in [9.17, 15) is 14.4 Å². The normalized spacial score (nSPS) is 12.4. The average molecular weight is 354 g/mol. The van der Waals surface area contributed by atoms with Gasteiger partial charge in [0, 0.05) is 14.0 Å². The fourth-order valence-electron chi connectivity index (χ4n) is 0.815. The van der Waals surface area contributed by atoms with Crippen LogP contribution in [0.2, 0.25) is 0 Å². The molecule has 0 heterocycles. The molecule has 0 aliphatic rings. The van der Waals surface area contributed by atoms with Crippen molar-refractivity contribution in [3.63, 3.8) is 0 Å². The maximum Gasteiger partial charge on any atom is 0.335 e. The monoisotopic (exact) mass is 354 g/mol. The molecular formula is C15H30O9. The van der Waals surface area contributed by atoms with Gasteiger partial charge in [0.15, 0.2) is 5.60 Å². The van der Waals surface area contributed by atoms with E-state index in [1.165, 1.54) is 27.7 Å². The number of aliphatic hydroxyl groups excluding tert-OH is 1. The molecular weight excluding hydrogens is 324 g/mol. The number of esters is 2. The van der Waals surface area contributed by atoms with Crippen molar-refractivity contribution < 1.29 is 43.9 Å². The summed E-state index contributed by atoms with van der Waals surface area (Å²) in [5.74, 6) is -2.03. The predicted molar refractivity (Wildman–Crippen MR) is 85.4 cm³/mol. The lowest BCUT2D eigenvalue weighted by Gasteiger charge is -2.08. The molecule has 0 aromatic carbocycles. The number of carboxylic acid groups (broad SMARTS) is 1. The van der Waals surface area contributed by atoms with Crippen LogP contribution in [0.5, 0.6) is 0 Å². The Morgan fingerprint density at radius 2 is 1.58 bits per heavy atom. The maximum absolute atomic E-state index is 10.3. The zero-order chi connectivity index (χ0) is 19.9. The molecule has 9 nitrogen and oxygen atoms in total. The Kier molecular flexibility index (Phi) is 16.8. The Morgan fingerprint density at radius 1 is 1.17 bits per heavy atom.